The lowest BCUT2D eigenvalue weighted by Gasteiger charge is -1.97. The van der Waals surface area contributed by atoms with Crippen molar-refractivity contribution in [1.29, 1.82) is 0 Å². The molecule has 3 N–H and O–H groups in total. The van der Waals surface area contributed by atoms with E-state index in [9.17, 15) is 4.79 Å². The predicted molar refractivity (Wildman–Crippen MR) is 42.5 cm³/mol. The van der Waals surface area contributed by atoms with Crippen LogP contribution in [0.1, 0.15) is 13.8 Å². The second-order valence-corrected chi connectivity index (χ2v) is 2.23. The standard InChI is InChI=1S/C4H8O3.C3H8O2/c1-3(5)4(6)7-2;1-3(5)2-4/h3,5H,1-2H3;3-5H,2H2,1H3. The number of ether oxygens (including phenoxy) is 1. The summed E-state index contributed by atoms with van der Waals surface area (Å²) in [5.74, 6) is -0.597. The molecule has 0 aromatic heterocycles. The Bertz CT molecular complexity index is 110. The maximum absolute atomic E-state index is 10.0. The molecule has 0 bridgehead atoms. The van der Waals surface area contributed by atoms with Crippen LogP contribution >= 0.6 is 0 Å². The van der Waals surface area contributed by atoms with E-state index < -0.39 is 18.2 Å². The van der Waals surface area contributed by atoms with Gasteiger partial charge in [0.25, 0.3) is 0 Å². The van der Waals surface area contributed by atoms with Gasteiger partial charge in [-0.25, -0.2) is 4.79 Å². The molecule has 0 radical (unpaired) electrons. The second kappa shape index (κ2) is 8.45. The zero-order valence-corrected chi connectivity index (χ0v) is 7.52. The minimum absolute atomic E-state index is 0.139. The summed E-state index contributed by atoms with van der Waals surface area (Å²) in [5.41, 5.74) is 0. The van der Waals surface area contributed by atoms with Gasteiger partial charge in [0.05, 0.1) is 19.8 Å². The average molecular weight is 180 g/mol. The first-order chi connectivity index (χ1) is 5.45. The normalized spacial score (nSPS) is 13.8. The number of aliphatic hydroxyl groups is 3. The molecule has 0 heterocycles. The molecular weight excluding hydrogens is 164 g/mol. The van der Waals surface area contributed by atoms with E-state index >= 15 is 0 Å². The van der Waals surface area contributed by atoms with Crippen LogP contribution in [-0.4, -0.2) is 47.2 Å². The van der Waals surface area contributed by atoms with Crippen LogP contribution in [0.15, 0.2) is 0 Å². The molecule has 0 aromatic rings. The third-order valence-corrected chi connectivity index (χ3v) is 0.807. The molecule has 0 saturated heterocycles. The van der Waals surface area contributed by atoms with E-state index in [0.717, 1.165) is 0 Å². The van der Waals surface area contributed by atoms with Crippen molar-refractivity contribution in [3.05, 3.63) is 0 Å². The van der Waals surface area contributed by atoms with Crippen LogP contribution in [-0.2, 0) is 9.53 Å². The van der Waals surface area contributed by atoms with Gasteiger partial charge in [-0.1, -0.05) is 0 Å². The molecule has 2 atom stereocenters. The first-order valence-corrected chi connectivity index (χ1v) is 3.50. The van der Waals surface area contributed by atoms with Gasteiger partial charge in [0.1, 0.15) is 6.10 Å². The maximum Gasteiger partial charge on any atom is 0.334 e. The Morgan fingerprint density at radius 1 is 1.42 bits per heavy atom. The molecular formula is C7H16O5. The van der Waals surface area contributed by atoms with Gasteiger partial charge in [-0.3, -0.25) is 0 Å². The Balaban J connectivity index is 0. The van der Waals surface area contributed by atoms with Gasteiger partial charge in [-0.05, 0) is 13.8 Å². The Morgan fingerprint density at radius 3 is 1.75 bits per heavy atom. The van der Waals surface area contributed by atoms with Gasteiger partial charge >= 0.3 is 5.97 Å². The van der Waals surface area contributed by atoms with E-state index in [-0.39, 0.29) is 6.61 Å². The van der Waals surface area contributed by atoms with Gasteiger partial charge in [-0.15, -0.1) is 0 Å². The van der Waals surface area contributed by atoms with E-state index in [1.165, 1.54) is 21.0 Å². The molecule has 0 aliphatic heterocycles. The van der Waals surface area contributed by atoms with E-state index in [0.29, 0.717) is 0 Å². The fourth-order valence-electron chi connectivity index (χ4n) is 0.171. The smallest absolute Gasteiger partial charge is 0.334 e. The topological polar surface area (TPSA) is 87.0 Å². The van der Waals surface area contributed by atoms with E-state index in [1.807, 2.05) is 0 Å². The first-order valence-electron chi connectivity index (χ1n) is 3.50. The van der Waals surface area contributed by atoms with Crippen LogP contribution in [0.4, 0.5) is 0 Å². The summed E-state index contributed by atoms with van der Waals surface area (Å²) < 4.78 is 4.12. The lowest BCUT2D eigenvalue weighted by atomic mass is 10.4. The minimum atomic E-state index is -0.995. The first kappa shape index (κ1) is 13.9. The van der Waals surface area contributed by atoms with E-state index in [1.54, 1.807) is 0 Å². The number of hydrogen-bond donors (Lipinski definition) is 3. The van der Waals surface area contributed by atoms with Crippen LogP contribution in [0.3, 0.4) is 0 Å². The van der Waals surface area contributed by atoms with Crippen LogP contribution in [0.5, 0.6) is 0 Å². The van der Waals surface area contributed by atoms with Gasteiger partial charge in [0.15, 0.2) is 0 Å². The minimum Gasteiger partial charge on any atom is -0.467 e. The molecule has 74 valence electrons. The Hall–Kier alpha value is -0.650. The molecule has 5 heteroatoms. The largest absolute Gasteiger partial charge is 0.467 e. The number of aliphatic hydroxyl groups excluding tert-OH is 3. The lowest BCUT2D eigenvalue weighted by Crippen LogP contribution is -2.16. The molecule has 0 fully saturated rings. The highest BCUT2D eigenvalue weighted by molar-refractivity contribution is 5.73. The number of esters is 1. The van der Waals surface area contributed by atoms with Crippen LogP contribution in [0, 0.1) is 0 Å². The number of carbonyl (C=O) groups excluding carboxylic acids is 1. The highest BCUT2D eigenvalue weighted by atomic mass is 16.5. The highest BCUT2D eigenvalue weighted by Gasteiger charge is 2.05. The van der Waals surface area contributed by atoms with Crippen molar-refractivity contribution in [2.24, 2.45) is 0 Å². The molecule has 0 spiro atoms. The van der Waals surface area contributed by atoms with Crippen molar-refractivity contribution in [1.82, 2.24) is 0 Å². The molecule has 5 nitrogen and oxygen atoms in total. The van der Waals surface area contributed by atoms with Gasteiger partial charge in [0, 0.05) is 0 Å². The zero-order valence-electron chi connectivity index (χ0n) is 7.52. The van der Waals surface area contributed by atoms with Crippen LogP contribution in [0.2, 0.25) is 0 Å². The monoisotopic (exact) mass is 180 g/mol. The predicted octanol–water partition coefficient (Wildman–Crippen LogP) is -1.10. The number of methoxy groups -OCH3 is 1. The number of carbonyl (C=O) groups is 1. The molecule has 0 aliphatic carbocycles. The molecule has 0 amide bonds. The Morgan fingerprint density at radius 2 is 1.75 bits per heavy atom. The maximum atomic E-state index is 10.0. The summed E-state index contributed by atoms with van der Waals surface area (Å²) >= 11 is 0. The summed E-state index contributed by atoms with van der Waals surface area (Å²) in [6, 6.07) is 0. The molecule has 12 heavy (non-hydrogen) atoms. The molecule has 0 saturated carbocycles. The third-order valence-electron chi connectivity index (χ3n) is 0.807. The molecule has 2 unspecified atom stereocenters. The highest BCUT2D eigenvalue weighted by Crippen LogP contribution is 1.80. The third kappa shape index (κ3) is 12.1. The van der Waals surface area contributed by atoms with Gasteiger partial charge in [-0.2, -0.15) is 0 Å². The van der Waals surface area contributed by atoms with Crippen molar-refractivity contribution in [2.75, 3.05) is 13.7 Å². The fraction of sp³-hybridized carbons (Fsp3) is 0.857. The molecule has 0 aliphatic rings. The summed E-state index contributed by atoms with van der Waals surface area (Å²) in [7, 11) is 1.23. The van der Waals surface area contributed by atoms with E-state index in [4.69, 9.17) is 15.3 Å². The summed E-state index contributed by atoms with van der Waals surface area (Å²) in [5, 5.41) is 24.4. The lowest BCUT2D eigenvalue weighted by molar-refractivity contribution is -0.149. The summed E-state index contributed by atoms with van der Waals surface area (Å²) in [4.78, 5) is 10.0. The Kier molecular flexibility index (Phi) is 9.79. The number of rotatable bonds is 2. The molecule has 0 aromatic carbocycles. The van der Waals surface area contributed by atoms with Gasteiger partial charge < -0.3 is 20.1 Å². The SMILES string of the molecule is CC(O)CO.COC(=O)C(C)O. The number of hydrogen-bond acceptors (Lipinski definition) is 5. The van der Waals surface area contributed by atoms with Gasteiger partial charge in [0.2, 0.25) is 0 Å². The quantitative estimate of drug-likeness (QED) is 0.469. The van der Waals surface area contributed by atoms with Crippen LogP contribution < -0.4 is 0 Å². The molecule has 0 rings (SSSR count). The van der Waals surface area contributed by atoms with Crippen molar-refractivity contribution >= 4 is 5.97 Å². The summed E-state index contributed by atoms with van der Waals surface area (Å²) in [6.07, 6.45) is -1.56. The van der Waals surface area contributed by atoms with E-state index in [2.05, 4.69) is 4.74 Å². The van der Waals surface area contributed by atoms with Crippen molar-refractivity contribution in [3.63, 3.8) is 0 Å². The summed E-state index contributed by atoms with van der Waals surface area (Å²) in [6.45, 7) is 2.74. The zero-order chi connectivity index (χ0) is 10.1. The van der Waals surface area contributed by atoms with Crippen molar-refractivity contribution < 1.29 is 24.9 Å². The van der Waals surface area contributed by atoms with Crippen LogP contribution in [0.25, 0.3) is 0 Å². The second-order valence-electron chi connectivity index (χ2n) is 2.23. The van der Waals surface area contributed by atoms with Crippen molar-refractivity contribution in [3.8, 4) is 0 Å². The van der Waals surface area contributed by atoms with Crippen molar-refractivity contribution in [2.45, 2.75) is 26.1 Å². The Labute approximate surface area is 71.6 Å². The fourth-order valence-corrected chi connectivity index (χ4v) is 0.171. The average Bonchev–Trinajstić information content (AvgIpc) is 2.04.